The zero-order valence-corrected chi connectivity index (χ0v) is 7.82. The van der Waals surface area contributed by atoms with Gasteiger partial charge in [0, 0.05) is 40.0 Å². The molecule has 72 valence electrons. The molecule has 1 heterocycles. The van der Waals surface area contributed by atoms with E-state index in [0.717, 1.165) is 13.1 Å². The quantitative estimate of drug-likeness (QED) is 0.574. The molecule has 0 aromatic carbocycles. The summed E-state index contributed by atoms with van der Waals surface area (Å²) < 4.78 is 0. The zero-order valence-electron chi connectivity index (χ0n) is 7.82. The monoisotopic (exact) mass is 182 g/mol. The lowest BCUT2D eigenvalue weighted by molar-refractivity contribution is -0.130. The Bertz CT molecular complexity index is 208. The van der Waals surface area contributed by atoms with Crippen LogP contribution in [-0.2, 0) is 9.59 Å². The number of hydrogen-bond acceptors (Lipinski definition) is 3. The summed E-state index contributed by atoms with van der Waals surface area (Å²) in [4.78, 5) is 25.3. The molecule has 2 radical (unpaired) electrons. The summed E-state index contributed by atoms with van der Waals surface area (Å²) >= 11 is 0. The van der Waals surface area contributed by atoms with Crippen LogP contribution in [-0.4, -0.2) is 54.2 Å². The highest BCUT2D eigenvalue weighted by Gasteiger charge is 2.18. The molecule has 0 aromatic rings. The van der Waals surface area contributed by atoms with Gasteiger partial charge in [-0.25, -0.2) is 0 Å². The van der Waals surface area contributed by atoms with E-state index in [4.69, 9.17) is 6.92 Å². The highest BCUT2D eigenvalue weighted by Crippen LogP contribution is 2.01. The molecule has 0 saturated carbocycles. The van der Waals surface area contributed by atoms with Crippen LogP contribution in [0.2, 0.25) is 0 Å². The summed E-state index contributed by atoms with van der Waals surface area (Å²) in [6.45, 7) is 9.78. The number of nitrogens with zero attached hydrogens (tertiary/aromatic N) is 2. The molecule has 1 aliphatic rings. The van der Waals surface area contributed by atoms with Crippen molar-refractivity contribution in [1.29, 1.82) is 0 Å². The lowest BCUT2D eigenvalue weighted by Crippen LogP contribution is -2.49. The fourth-order valence-corrected chi connectivity index (χ4v) is 1.44. The maximum absolute atomic E-state index is 10.9. The van der Waals surface area contributed by atoms with Crippen molar-refractivity contribution in [2.45, 2.75) is 6.92 Å². The summed E-state index contributed by atoms with van der Waals surface area (Å²) in [5.41, 5.74) is 0. The summed E-state index contributed by atoms with van der Waals surface area (Å²) in [5, 5.41) is 0. The van der Waals surface area contributed by atoms with Gasteiger partial charge in [-0.05, 0) is 0 Å². The second kappa shape index (κ2) is 4.37. The van der Waals surface area contributed by atoms with Crippen molar-refractivity contribution in [2.24, 2.45) is 0 Å². The Morgan fingerprint density at radius 3 is 2.15 bits per heavy atom. The van der Waals surface area contributed by atoms with Gasteiger partial charge in [0.25, 0.3) is 0 Å². The van der Waals surface area contributed by atoms with E-state index >= 15 is 0 Å². The van der Waals surface area contributed by atoms with E-state index in [0.29, 0.717) is 19.6 Å². The van der Waals surface area contributed by atoms with Gasteiger partial charge in [0.15, 0.2) is 5.78 Å². The molecule has 1 aliphatic heterocycles. The topological polar surface area (TPSA) is 40.6 Å². The second-order valence-corrected chi connectivity index (χ2v) is 3.25. The first-order valence-corrected chi connectivity index (χ1v) is 4.36. The van der Waals surface area contributed by atoms with Crippen LogP contribution in [0.1, 0.15) is 6.92 Å². The van der Waals surface area contributed by atoms with E-state index in [1.54, 1.807) is 11.8 Å². The third kappa shape index (κ3) is 3.14. The highest BCUT2D eigenvalue weighted by atomic mass is 16.2. The molecule has 1 fully saturated rings. The maximum atomic E-state index is 10.9. The Morgan fingerprint density at radius 1 is 1.23 bits per heavy atom. The van der Waals surface area contributed by atoms with Crippen molar-refractivity contribution in [2.75, 3.05) is 32.7 Å². The predicted octanol–water partition coefficient (Wildman–Crippen LogP) is -0.569. The van der Waals surface area contributed by atoms with E-state index in [-0.39, 0.29) is 11.7 Å². The van der Waals surface area contributed by atoms with E-state index in [1.807, 2.05) is 4.90 Å². The average molecular weight is 182 g/mol. The molecule has 0 aromatic heterocycles. The molecule has 1 rings (SSSR count). The highest BCUT2D eigenvalue weighted by molar-refractivity contribution is 5.84. The molecular formula is C9H14N2O2. The first-order valence-electron chi connectivity index (χ1n) is 4.36. The van der Waals surface area contributed by atoms with Crippen molar-refractivity contribution >= 4 is 11.7 Å². The first kappa shape index (κ1) is 10.2. The number of carbonyl (C=O) groups excluding carboxylic acids is 2. The largest absolute Gasteiger partial charge is 0.340 e. The van der Waals surface area contributed by atoms with Gasteiger partial charge < -0.3 is 4.90 Å². The normalized spacial score (nSPS) is 18.8. The third-order valence-corrected chi connectivity index (χ3v) is 2.20. The molecule has 0 bridgehead atoms. The van der Waals surface area contributed by atoms with Gasteiger partial charge in [0.05, 0.1) is 6.54 Å². The molecule has 13 heavy (non-hydrogen) atoms. The summed E-state index contributed by atoms with van der Waals surface area (Å²) in [7, 11) is 0. The lowest BCUT2D eigenvalue weighted by Gasteiger charge is -2.33. The van der Waals surface area contributed by atoms with Gasteiger partial charge in [-0.2, -0.15) is 0 Å². The van der Waals surface area contributed by atoms with E-state index < -0.39 is 0 Å². The van der Waals surface area contributed by atoms with Crippen LogP contribution in [0.3, 0.4) is 0 Å². The summed E-state index contributed by atoms with van der Waals surface area (Å²) in [6, 6.07) is 0. The molecule has 4 heteroatoms. The van der Waals surface area contributed by atoms with Gasteiger partial charge >= 0.3 is 0 Å². The molecule has 0 unspecified atom stereocenters. The number of Topliss-reactive ketones (excluding diaryl/α,β-unsaturated/α-hetero) is 1. The zero-order chi connectivity index (χ0) is 9.84. The standard InChI is InChI=1S/C9H14N2O2/c1-8(12)7-10-3-5-11(6-4-10)9(2)13/h1H,3-7H2,2H3. The van der Waals surface area contributed by atoms with Crippen molar-refractivity contribution in [1.82, 2.24) is 9.80 Å². The number of hydrogen-bond donors (Lipinski definition) is 0. The third-order valence-electron chi connectivity index (χ3n) is 2.20. The van der Waals surface area contributed by atoms with Gasteiger partial charge in [-0.1, -0.05) is 0 Å². The summed E-state index contributed by atoms with van der Waals surface area (Å²) in [6.07, 6.45) is 0. The second-order valence-electron chi connectivity index (χ2n) is 3.25. The van der Waals surface area contributed by atoms with Crippen LogP contribution in [0, 0.1) is 6.92 Å². The van der Waals surface area contributed by atoms with E-state index in [1.165, 1.54) is 0 Å². The number of amides is 1. The maximum Gasteiger partial charge on any atom is 0.219 e. The van der Waals surface area contributed by atoms with Crippen LogP contribution in [0.4, 0.5) is 0 Å². The van der Waals surface area contributed by atoms with Crippen LogP contribution < -0.4 is 0 Å². The Kier molecular flexibility index (Phi) is 3.42. The van der Waals surface area contributed by atoms with Crippen molar-refractivity contribution in [3.8, 4) is 0 Å². The number of rotatable bonds is 2. The van der Waals surface area contributed by atoms with E-state index in [9.17, 15) is 9.59 Å². The van der Waals surface area contributed by atoms with Crippen LogP contribution in [0.25, 0.3) is 0 Å². The Balaban J connectivity index is 2.30. The fourth-order valence-electron chi connectivity index (χ4n) is 1.44. The molecule has 0 N–H and O–H groups in total. The smallest absolute Gasteiger partial charge is 0.219 e. The van der Waals surface area contributed by atoms with Crippen LogP contribution >= 0.6 is 0 Å². The molecule has 1 amide bonds. The van der Waals surface area contributed by atoms with Crippen molar-refractivity contribution in [3.05, 3.63) is 6.92 Å². The number of piperazine rings is 1. The van der Waals surface area contributed by atoms with Crippen LogP contribution in [0.15, 0.2) is 0 Å². The number of carbonyl (C=O) groups is 2. The molecule has 1 saturated heterocycles. The van der Waals surface area contributed by atoms with Gasteiger partial charge in [0.1, 0.15) is 0 Å². The summed E-state index contributed by atoms with van der Waals surface area (Å²) in [5.74, 6) is -0.213. The Morgan fingerprint density at radius 2 is 1.77 bits per heavy atom. The van der Waals surface area contributed by atoms with Crippen molar-refractivity contribution < 1.29 is 9.59 Å². The first-order chi connectivity index (χ1) is 6.09. The fraction of sp³-hybridized carbons (Fsp3) is 0.667. The molecule has 0 atom stereocenters. The average Bonchev–Trinajstić information content (AvgIpc) is 2.04. The van der Waals surface area contributed by atoms with Crippen LogP contribution in [0.5, 0.6) is 0 Å². The minimum atomic E-state index is -0.309. The van der Waals surface area contributed by atoms with Gasteiger partial charge in [-0.15, -0.1) is 0 Å². The van der Waals surface area contributed by atoms with E-state index in [2.05, 4.69) is 0 Å². The minimum Gasteiger partial charge on any atom is -0.340 e. The molecule has 4 nitrogen and oxygen atoms in total. The molecular weight excluding hydrogens is 168 g/mol. The molecule has 0 aliphatic carbocycles. The Hall–Kier alpha value is -0.900. The SMILES string of the molecule is [CH]C(=O)CN1CCN(C(C)=O)CC1. The van der Waals surface area contributed by atoms with Gasteiger partial charge in [0.2, 0.25) is 5.91 Å². The Labute approximate surface area is 78.5 Å². The number of ketones is 1. The predicted molar refractivity (Wildman–Crippen MR) is 48.0 cm³/mol. The molecule has 0 spiro atoms. The van der Waals surface area contributed by atoms with Gasteiger partial charge in [-0.3, -0.25) is 14.5 Å². The minimum absolute atomic E-state index is 0.0960. The van der Waals surface area contributed by atoms with Crippen molar-refractivity contribution in [3.63, 3.8) is 0 Å². The lowest BCUT2D eigenvalue weighted by atomic mass is 10.3.